The van der Waals surface area contributed by atoms with Gasteiger partial charge in [0.05, 0.1) is 16.2 Å². The number of carbonyl (C=O) groups is 2. The summed E-state index contributed by atoms with van der Waals surface area (Å²) in [4.78, 5) is 30.5. The van der Waals surface area contributed by atoms with E-state index in [9.17, 15) is 22.8 Å². The molecule has 1 aliphatic heterocycles. The summed E-state index contributed by atoms with van der Waals surface area (Å²) in [5, 5.41) is 2.86. The highest BCUT2D eigenvalue weighted by atomic mass is 32.2. The van der Waals surface area contributed by atoms with Gasteiger partial charge < -0.3 is 10.2 Å². The topological polar surface area (TPSA) is 52.7 Å². The Morgan fingerprint density at radius 2 is 1.76 bits per heavy atom. The smallest absolute Gasteiger partial charge is 0.353 e. The van der Waals surface area contributed by atoms with Gasteiger partial charge in [0.2, 0.25) is 5.91 Å². The molecular weight excluding hydrogens is 451 g/mol. The molecule has 0 spiro atoms. The molecule has 1 N–H and O–H groups in total. The van der Waals surface area contributed by atoms with E-state index in [0.29, 0.717) is 22.7 Å². The van der Waals surface area contributed by atoms with E-state index >= 15 is 0 Å². The van der Waals surface area contributed by atoms with E-state index in [1.807, 2.05) is 12.1 Å². The van der Waals surface area contributed by atoms with Gasteiger partial charge in [0.15, 0.2) is 0 Å². The third kappa shape index (κ3) is 6.39. The maximum Gasteiger partial charge on any atom is 0.416 e. The van der Waals surface area contributed by atoms with Crippen molar-refractivity contribution >= 4 is 35.3 Å². The molecule has 5 nitrogen and oxygen atoms in total. The Morgan fingerprint density at radius 3 is 2.39 bits per heavy atom. The van der Waals surface area contributed by atoms with Crippen molar-refractivity contribution in [2.75, 3.05) is 37.6 Å². The zero-order valence-electron chi connectivity index (χ0n) is 18.5. The number of nitrogens with zero attached hydrogens (tertiary/aromatic N) is 2. The van der Waals surface area contributed by atoms with Crippen molar-refractivity contribution in [2.24, 2.45) is 0 Å². The minimum Gasteiger partial charge on any atom is -0.353 e. The Morgan fingerprint density at radius 1 is 1.09 bits per heavy atom. The van der Waals surface area contributed by atoms with Crippen LogP contribution in [0.4, 0.5) is 18.9 Å². The van der Waals surface area contributed by atoms with Crippen LogP contribution in [-0.2, 0) is 15.8 Å². The number of hydrogen-bond donors (Lipinski definition) is 1. The van der Waals surface area contributed by atoms with Gasteiger partial charge >= 0.3 is 6.18 Å². The van der Waals surface area contributed by atoms with E-state index in [1.54, 1.807) is 18.2 Å². The van der Waals surface area contributed by atoms with Gasteiger partial charge in [-0.15, -0.1) is 0 Å². The van der Waals surface area contributed by atoms with Gasteiger partial charge in [0.1, 0.15) is 6.54 Å². The van der Waals surface area contributed by atoms with Gasteiger partial charge in [0, 0.05) is 18.0 Å². The predicted octanol–water partition coefficient (Wildman–Crippen LogP) is 4.64. The van der Waals surface area contributed by atoms with E-state index in [4.69, 9.17) is 0 Å². The molecule has 0 radical (unpaired) electrons. The van der Waals surface area contributed by atoms with Gasteiger partial charge in [-0.3, -0.25) is 14.5 Å². The first-order chi connectivity index (χ1) is 15.7. The second kappa shape index (κ2) is 10.9. The fourth-order valence-corrected chi connectivity index (χ4v) is 4.49. The molecule has 0 saturated heterocycles. The molecule has 0 atom stereocenters. The lowest BCUT2D eigenvalue weighted by Gasteiger charge is -2.30. The maximum absolute atomic E-state index is 13.2. The maximum atomic E-state index is 13.2. The standard InChI is InChI=1S/C24H26F3N3O2S/c1-3-29(4-2)14-13-28-22(31)16-30-19-7-5-6-8-20(19)33-21(23(30)32)15-17-9-11-18(12-10-17)24(25,26)27/h5-12,15H,3-4,13-14,16H2,1-2H3,(H,28,31). The van der Waals surface area contributed by atoms with E-state index in [0.717, 1.165) is 36.7 Å². The number of para-hydroxylation sites is 1. The lowest BCUT2D eigenvalue weighted by Crippen LogP contribution is -2.44. The molecule has 2 amide bonds. The summed E-state index contributed by atoms with van der Waals surface area (Å²) in [7, 11) is 0. The highest BCUT2D eigenvalue weighted by Crippen LogP contribution is 2.42. The van der Waals surface area contributed by atoms with Crippen molar-refractivity contribution in [3.8, 4) is 0 Å². The zero-order chi connectivity index (χ0) is 24.0. The van der Waals surface area contributed by atoms with Gasteiger partial charge in [0.25, 0.3) is 5.91 Å². The Labute approximate surface area is 195 Å². The molecule has 0 aliphatic carbocycles. The second-order valence-corrected chi connectivity index (χ2v) is 8.55. The lowest BCUT2D eigenvalue weighted by atomic mass is 10.1. The van der Waals surface area contributed by atoms with Crippen LogP contribution in [0.25, 0.3) is 6.08 Å². The van der Waals surface area contributed by atoms with Gasteiger partial charge in [-0.1, -0.05) is 49.9 Å². The number of rotatable bonds is 8. The summed E-state index contributed by atoms with van der Waals surface area (Å²) >= 11 is 1.24. The molecule has 0 aromatic heterocycles. The van der Waals surface area contributed by atoms with E-state index in [-0.39, 0.29) is 18.4 Å². The Bertz CT molecular complexity index is 1020. The number of likely N-dealkylation sites (N-methyl/N-ethyl adjacent to an activating group) is 1. The van der Waals surface area contributed by atoms with Crippen LogP contribution in [-0.4, -0.2) is 49.4 Å². The molecule has 9 heteroatoms. The van der Waals surface area contributed by atoms with Gasteiger partial charge in [-0.05, 0) is 49.0 Å². The fraction of sp³-hybridized carbons (Fsp3) is 0.333. The predicted molar refractivity (Wildman–Crippen MR) is 125 cm³/mol. The molecule has 3 rings (SSSR count). The molecule has 33 heavy (non-hydrogen) atoms. The molecule has 0 unspecified atom stereocenters. The summed E-state index contributed by atoms with van der Waals surface area (Å²) in [6.07, 6.45) is -2.87. The Kier molecular flexibility index (Phi) is 8.20. The fourth-order valence-electron chi connectivity index (χ4n) is 3.43. The summed E-state index contributed by atoms with van der Waals surface area (Å²) < 4.78 is 38.5. The molecule has 1 aliphatic rings. The molecule has 0 fully saturated rings. The first kappa shape index (κ1) is 24.9. The number of fused-ring (bicyclic) bond motifs is 1. The lowest BCUT2D eigenvalue weighted by molar-refractivity contribution is -0.137. The molecule has 176 valence electrons. The van der Waals surface area contributed by atoms with Crippen molar-refractivity contribution in [3.63, 3.8) is 0 Å². The quantitative estimate of drug-likeness (QED) is 0.563. The van der Waals surface area contributed by atoms with E-state index in [1.165, 1.54) is 28.8 Å². The molecular formula is C24H26F3N3O2S. The Hall–Kier alpha value is -2.78. The number of alkyl halides is 3. The van der Waals surface area contributed by atoms with Crippen LogP contribution < -0.4 is 10.2 Å². The molecule has 1 heterocycles. The first-order valence-electron chi connectivity index (χ1n) is 10.7. The average Bonchev–Trinajstić information content (AvgIpc) is 2.79. The molecule has 2 aromatic carbocycles. The first-order valence-corrected chi connectivity index (χ1v) is 11.5. The van der Waals surface area contributed by atoms with Crippen molar-refractivity contribution in [1.29, 1.82) is 0 Å². The SMILES string of the molecule is CCN(CC)CCNC(=O)CN1C(=O)C(=Cc2ccc(C(F)(F)F)cc2)Sc2ccccc21. The third-order valence-corrected chi connectivity index (χ3v) is 6.39. The zero-order valence-corrected chi connectivity index (χ0v) is 19.3. The van der Waals surface area contributed by atoms with Crippen LogP contribution in [0.2, 0.25) is 0 Å². The van der Waals surface area contributed by atoms with Crippen LogP contribution in [0.1, 0.15) is 25.0 Å². The summed E-state index contributed by atoms with van der Waals surface area (Å²) in [6, 6.07) is 11.9. The van der Waals surface area contributed by atoms with Crippen molar-refractivity contribution in [1.82, 2.24) is 10.2 Å². The molecule has 0 bridgehead atoms. The van der Waals surface area contributed by atoms with Crippen LogP contribution in [0.5, 0.6) is 0 Å². The largest absolute Gasteiger partial charge is 0.416 e. The highest BCUT2D eigenvalue weighted by Gasteiger charge is 2.31. The average molecular weight is 478 g/mol. The van der Waals surface area contributed by atoms with Crippen LogP contribution in [0.3, 0.4) is 0 Å². The minimum absolute atomic E-state index is 0.140. The number of hydrogen-bond acceptors (Lipinski definition) is 4. The van der Waals surface area contributed by atoms with Crippen LogP contribution in [0.15, 0.2) is 58.3 Å². The number of nitrogens with one attached hydrogen (secondary N) is 1. The van der Waals surface area contributed by atoms with E-state index < -0.39 is 11.7 Å². The monoisotopic (exact) mass is 477 g/mol. The number of anilines is 1. The summed E-state index contributed by atoms with van der Waals surface area (Å²) in [6.45, 7) is 6.94. The van der Waals surface area contributed by atoms with E-state index in [2.05, 4.69) is 24.1 Å². The van der Waals surface area contributed by atoms with Crippen LogP contribution in [0, 0.1) is 0 Å². The molecule has 2 aromatic rings. The highest BCUT2D eigenvalue weighted by molar-refractivity contribution is 8.04. The van der Waals surface area contributed by atoms with Gasteiger partial charge in [-0.25, -0.2) is 0 Å². The third-order valence-electron chi connectivity index (χ3n) is 5.31. The summed E-state index contributed by atoms with van der Waals surface area (Å²) in [5.74, 6) is -0.636. The van der Waals surface area contributed by atoms with Crippen LogP contribution >= 0.6 is 11.8 Å². The number of halogens is 3. The molecule has 0 saturated carbocycles. The van der Waals surface area contributed by atoms with Crippen molar-refractivity contribution in [2.45, 2.75) is 24.9 Å². The van der Waals surface area contributed by atoms with Crippen molar-refractivity contribution < 1.29 is 22.8 Å². The second-order valence-electron chi connectivity index (χ2n) is 7.47. The van der Waals surface area contributed by atoms with Crippen molar-refractivity contribution in [3.05, 3.63) is 64.6 Å². The summed E-state index contributed by atoms with van der Waals surface area (Å²) in [5.41, 5.74) is 0.360. The number of carbonyl (C=O) groups excluding carboxylic acids is 2. The number of thioether (sulfide) groups is 1. The Balaban J connectivity index is 1.77. The van der Waals surface area contributed by atoms with Gasteiger partial charge in [-0.2, -0.15) is 13.2 Å². The number of benzene rings is 2. The normalized spacial score (nSPS) is 15.2. The minimum atomic E-state index is -4.42. The number of amides is 2.